The molecular formula is C31H36N4O9. The summed E-state index contributed by atoms with van der Waals surface area (Å²) in [5.41, 5.74) is 1.30. The van der Waals surface area contributed by atoms with Crippen molar-refractivity contribution in [1.29, 1.82) is 5.26 Å². The summed E-state index contributed by atoms with van der Waals surface area (Å²) in [5, 5.41) is 13.4. The number of fused-ring (bicyclic) bond motifs is 5. The highest BCUT2D eigenvalue weighted by Gasteiger charge is 2.60. The van der Waals surface area contributed by atoms with Gasteiger partial charge >= 0.3 is 0 Å². The van der Waals surface area contributed by atoms with Crippen LogP contribution in [0.3, 0.4) is 0 Å². The van der Waals surface area contributed by atoms with E-state index in [4.69, 9.17) is 18.9 Å². The number of nitriles is 1. The van der Waals surface area contributed by atoms with E-state index in [0.717, 1.165) is 0 Å². The Hall–Kier alpha value is -3.96. The number of nitrogens with one attached hydrogen (secondary N) is 1. The average Bonchev–Trinajstić information content (AvgIpc) is 3.01. The highest BCUT2D eigenvalue weighted by molar-refractivity contribution is 6.26. The first-order valence-corrected chi connectivity index (χ1v) is 14.3. The number of nitrogens with zero attached hydrogens (tertiary/aromatic N) is 3. The SMILES string of the molecule is COC1=C(C)C(=O)C2=C(C1=O)[C@H]1[C@@H]3CC4=C(C(=O)C(OC)=C(C)C4=O)[C@H](CNC(=O)C(C)(OC)OC)N3[C@@H](C#N)[C@H](C2)N1C. The molecular weight excluding hydrogens is 572 g/mol. The van der Waals surface area contributed by atoms with Gasteiger partial charge in [-0.25, -0.2) is 0 Å². The van der Waals surface area contributed by atoms with Crippen LogP contribution < -0.4 is 5.32 Å². The predicted octanol–water partition coefficient (Wildman–Crippen LogP) is 0.271. The van der Waals surface area contributed by atoms with E-state index in [1.54, 1.807) is 14.0 Å². The zero-order chi connectivity index (χ0) is 32.4. The van der Waals surface area contributed by atoms with Crippen molar-refractivity contribution in [2.24, 2.45) is 0 Å². The van der Waals surface area contributed by atoms with Crippen LogP contribution in [0.25, 0.3) is 0 Å². The molecule has 0 aromatic rings. The molecule has 1 N–H and O–H groups in total. The van der Waals surface area contributed by atoms with Crippen LogP contribution in [-0.2, 0) is 42.9 Å². The largest absolute Gasteiger partial charge is 0.492 e. The van der Waals surface area contributed by atoms with Crippen LogP contribution in [0, 0.1) is 11.3 Å². The summed E-state index contributed by atoms with van der Waals surface area (Å²) >= 11 is 0. The summed E-state index contributed by atoms with van der Waals surface area (Å²) in [6.07, 6.45) is 0.143. The number of Topliss-reactive ketones (excluding diaryl/α,β-unsaturated/α-hetero) is 4. The molecule has 5 atom stereocenters. The quantitative estimate of drug-likeness (QED) is 0.310. The van der Waals surface area contributed by atoms with E-state index in [1.165, 1.54) is 42.3 Å². The molecule has 1 saturated heterocycles. The van der Waals surface area contributed by atoms with E-state index in [9.17, 15) is 29.2 Å². The third kappa shape index (κ3) is 4.23. The molecule has 13 nitrogen and oxygen atoms in total. The van der Waals surface area contributed by atoms with Crippen molar-refractivity contribution in [2.45, 2.75) is 69.6 Å². The number of methoxy groups -OCH3 is 4. The summed E-state index contributed by atoms with van der Waals surface area (Å²) in [4.78, 5) is 72.1. The van der Waals surface area contributed by atoms with E-state index in [2.05, 4.69) is 11.4 Å². The first kappa shape index (κ1) is 31.5. The number of ether oxygens (including phenoxy) is 4. The van der Waals surface area contributed by atoms with Gasteiger partial charge in [0.15, 0.2) is 23.1 Å². The summed E-state index contributed by atoms with van der Waals surface area (Å²) < 4.78 is 21.2. The number of amides is 1. The molecule has 5 aliphatic rings. The maximum absolute atomic E-state index is 13.9. The van der Waals surface area contributed by atoms with Crippen LogP contribution in [0.4, 0.5) is 0 Å². The Bertz CT molecular complexity index is 1560. The summed E-state index contributed by atoms with van der Waals surface area (Å²) in [6.45, 7) is 4.30. The van der Waals surface area contributed by atoms with Gasteiger partial charge in [0, 0.05) is 66.3 Å². The lowest BCUT2D eigenvalue weighted by Gasteiger charge is -2.60. The molecule has 3 aliphatic heterocycles. The first-order chi connectivity index (χ1) is 20.8. The van der Waals surface area contributed by atoms with E-state index < -0.39 is 59.3 Å². The first-order valence-electron chi connectivity index (χ1n) is 14.3. The third-order valence-corrected chi connectivity index (χ3v) is 9.86. The van der Waals surface area contributed by atoms with Crippen molar-refractivity contribution >= 4 is 29.0 Å². The second kappa shape index (κ2) is 11.2. The van der Waals surface area contributed by atoms with Crippen molar-refractivity contribution in [3.05, 3.63) is 45.0 Å². The molecule has 2 bridgehead atoms. The minimum atomic E-state index is -1.64. The van der Waals surface area contributed by atoms with Crippen LogP contribution in [0.15, 0.2) is 45.0 Å². The molecule has 0 radical (unpaired) electrons. The molecule has 1 fully saturated rings. The van der Waals surface area contributed by atoms with Crippen LogP contribution >= 0.6 is 0 Å². The Kier molecular flexibility index (Phi) is 8.00. The van der Waals surface area contributed by atoms with Crippen molar-refractivity contribution in [3.63, 3.8) is 0 Å². The lowest BCUT2D eigenvalue weighted by Crippen LogP contribution is -2.74. The molecule has 13 heteroatoms. The zero-order valence-corrected chi connectivity index (χ0v) is 26.0. The predicted molar refractivity (Wildman–Crippen MR) is 152 cm³/mol. The van der Waals surface area contributed by atoms with Crippen LogP contribution in [0.2, 0.25) is 0 Å². The molecule has 5 rings (SSSR count). The van der Waals surface area contributed by atoms with Gasteiger partial charge in [-0.1, -0.05) is 0 Å². The fraction of sp³-hybridized carbons (Fsp3) is 0.548. The number of hydrogen-bond acceptors (Lipinski definition) is 12. The minimum absolute atomic E-state index is 0.0235. The van der Waals surface area contributed by atoms with Crippen LogP contribution in [0.5, 0.6) is 0 Å². The van der Waals surface area contributed by atoms with Gasteiger partial charge < -0.3 is 24.3 Å². The fourth-order valence-electron chi connectivity index (χ4n) is 7.43. The molecule has 0 spiro atoms. The van der Waals surface area contributed by atoms with Gasteiger partial charge in [0.2, 0.25) is 17.4 Å². The van der Waals surface area contributed by atoms with E-state index in [1.807, 2.05) is 9.80 Å². The van der Waals surface area contributed by atoms with Crippen LogP contribution in [-0.4, -0.2) is 117 Å². The highest BCUT2D eigenvalue weighted by Crippen LogP contribution is 2.49. The van der Waals surface area contributed by atoms with Crippen molar-refractivity contribution < 1.29 is 42.9 Å². The Balaban J connectivity index is 1.69. The molecule has 0 unspecified atom stereocenters. The third-order valence-electron chi connectivity index (χ3n) is 9.86. The van der Waals surface area contributed by atoms with Gasteiger partial charge in [0.1, 0.15) is 6.04 Å². The Morgan fingerprint density at radius 3 is 1.89 bits per heavy atom. The molecule has 0 aromatic carbocycles. The van der Waals surface area contributed by atoms with Crippen molar-refractivity contribution in [1.82, 2.24) is 15.1 Å². The number of allylic oxidation sites excluding steroid dienone is 4. The zero-order valence-electron chi connectivity index (χ0n) is 26.0. The van der Waals surface area contributed by atoms with E-state index in [0.29, 0.717) is 5.57 Å². The summed E-state index contributed by atoms with van der Waals surface area (Å²) in [5.74, 6) is -4.06. The monoisotopic (exact) mass is 608 g/mol. The normalized spacial score (nSPS) is 29.4. The number of hydrogen-bond donors (Lipinski definition) is 1. The summed E-state index contributed by atoms with van der Waals surface area (Å²) in [6, 6.07) is -1.40. The maximum Gasteiger partial charge on any atom is 0.280 e. The molecule has 1 amide bonds. The highest BCUT2D eigenvalue weighted by atomic mass is 16.7. The standard InChI is InChI=1S/C31H36N4O9/c1-13-24(36)15-10-18-23-22-16(25(37)14(2)29(42-6)27(22)39)9-17(34(23)4)19(11-32)35(18)20(21(15)26(38)28(13)41-5)12-33-30(40)31(3,43-7)44-8/h17-20,23H,9-10,12H2,1-8H3,(H,33,40)/t17-,18-,19-,20-,23+/m0/s1. The molecule has 0 aromatic heterocycles. The topological polar surface area (TPSA) is 165 Å². The summed E-state index contributed by atoms with van der Waals surface area (Å²) in [7, 11) is 7.06. The van der Waals surface area contributed by atoms with Gasteiger partial charge in [-0.05, 0) is 40.7 Å². The molecule has 3 heterocycles. The number of rotatable bonds is 7. The van der Waals surface area contributed by atoms with Gasteiger partial charge in [0.05, 0.1) is 32.4 Å². The van der Waals surface area contributed by atoms with E-state index in [-0.39, 0.29) is 64.6 Å². The fourth-order valence-corrected chi connectivity index (χ4v) is 7.43. The lowest BCUT2D eigenvalue weighted by molar-refractivity contribution is -0.201. The number of carbonyl (C=O) groups excluding carboxylic acids is 5. The molecule has 0 saturated carbocycles. The van der Waals surface area contributed by atoms with Crippen molar-refractivity contribution in [2.75, 3.05) is 42.0 Å². The number of likely N-dealkylation sites (N-methyl/N-ethyl adjacent to an activating group) is 1. The Labute approximate surface area is 255 Å². The van der Waals surface area contributed by atoms with Crippen molar-refractivity contribution in [3.8, 4) is 6.07 Å². The van der Waals surface area contributed by atoms with Gasteiger partial charge in [-0.2, -0.15) is 5.26 Å². The Morgan fingerprint density at radius 1 is 0.886 bits per heavy atom. The number of ketones is 4. The minimum Gasteiger partial charge on any atom is -0.492 e. The number of piperazine rings is 1. The van der Waals surface area contributed by atoms with Gasteiger partial charge in [-0.15, -0.1) is 0 Å². The second-order valence-corrected chi connectivity index (χ2v) is 11.7. The number of carbonyl (C=O) groups is 5. The average molecular weight is 609 g/mol. The van der Waals surface area contributed by atoms with Gasteiger partial charge in [-0.3, -0.25) is 33.8 Å². The lowest BCUT2D eigenvalue weighted by atomic mass is 9.67. The molecule has 44 heavy (non-hydrogen) atoms. The van der Waals surface area contributed by atoms with Crippen LogP contribution in [0.1, 0.15) is 33.6 Å². The van der Waals surface area contributed by atoms with Gasteiger partial charge in [0.25, 0.3) is 5.91 Å². The Morgan fingerprint density at radius 2 is 1.39 bits per heavy atom. The van der Waals surface area contributed by atoms with E-state index >= 15 is 0 Å². The smallest absolute Gasteiger partial charge is 0.280 e. The second-order valence-electron chi connectivity index (χ2n) is 11.7. The maximum atomic E-state index is 13.9. The molecule has 234 valence electrons. The molecule has 2 aliphatic carbocycles.